The minimum Gasteiger partial charge on any atom is -0.383 e. The molecule has 1 heterocycles. The second kappa shape index (κ2) is 8.04. The molecule has 0 saturated heterocycles. The highest BCUT2D eigenvalue weighted by molar-refractivity contribution is 5.91. The van der Waals surface area contributed by atoms with Crippen LogP contribution in [-0.2, 0) is 16.0 Å². The fourth-order valence-electron chi connectivity index (χ4n) is 1.78. The summed E-state index contributed by atoms with van der Waals surface area (Å²) in [5, 5.41) is 13.4. The van der Waals surface area contributed by atoms with Gasteiger partial charge in [0.05, 0.1) is 13.0 Å². The van der Waals surface area contributed by atoms with Gasteiger partial charge in [-0.3, -0.25) is 4.79 Å². The van der Waals surface area contributed by atoms with E-state index in [1.54, 1.807) is 37.4 Å². The highest BCUT2D eigenvalue weighted by Crippen LogP contribution is 2.09. The molecule has 0 unspecified atom stereocenters. The van der Waals surface area contributed by atoms with E-state index in [0.717, 1.165) is 0 Å². The van der Waals surface area contributed by atoms with Crippen molar-refractivity contribution in [1.29, 1.82) is 0 Å². The molecule has 1 amide bonds. The van der Waals surface area contributed by atoms with Gasteiger partial charge in [-0.15, -0.1) is 10.2 Å². The lowest BCUT2D eigenvalue weighted by atomic mass is 10.1. The number of carbonyl (C=O) groups is 1. The number of methoxy groups -OCH3 is 1. The van der Waals surface area contributed by atoms with Crippen LogP contribution in [0.4, 0.5) is 16.0 Å². The number of ether oxygens (including phenoxy) is 1. The van der Waals surface area contributed by atoms with E-state index >= 15 is 0 Å². The summed E-state index contributed by atoms with van der Waals surface area (Å²) in [6.07, 6.45) is -0.0534. The molecule has 22 heavy (non-hydrogen) atoms. The number of nitrogens with one attached hydrogen (secondary N) is 2. The van der Waals surface area contributed by atoms with Gasteiger partial charge in [-0.05, 0) is 23.8 Å². The van der Waals surface area contributed by atoms with Crippen molar-refractivity contribution in [2.75, 3.05) is 30.9 Å². The van der Waals surface area contributed by atoms with Crippen LogP contribution in [0.3, 0.4) is 0 Å². The summed E-state index contributed by atoms with van der Waals surface area (Å²) in [5.74, 6) is 0.156. The van der Waals surface area contributed by atoms with E-state index in [9.17, 15) is 9.18 Å². The number of nitrogens with zero attached hydrogens (tertiary/aromatic N) is 2. The number of carbonyl (C=O) groups excluding carboxylic acids is 1. The number of anilines is 2. The molecular formula is C15H17FN4O2. The third-order valence-electron chi connectivity index (χ3n) is 2.85. The number of amides is 1. The van der Waals surface area contributed by atoms with Crippen molar-refractivity contribution in [1.82, 2.24) is 10.2 Å². The van der Waals surface area contributed by atoms with Crippen molar-refractivity contribution in [2.24, 2.45) is 0 Å². The van der Waals surface area contributed by atoms with Crippen LogP contribution in [0.15, 0.2) is 36.4 Å². The Hall–Kier alpha value is -2.54. The maximum atomic E-state index is 13.5. The number of hydrogen-bond acceptors (Lipinski definition) is 5. The van der Waals surface area contributed by atoms with Crippen molar-refractivity contribution >= 4 is 17.5 Å². The van der Waals surface area contributed by atoms with E-state index in [4.69, 9.17) is 4.74 Å². The highest BCUT2D eigenvalue weighted by atomic mass is 19.1. The van der Waals surface area contributed by atoms with Crippen LogP contribution < -0.4 is 10.6 Å². The summed E-state index contributed by atoms with van der Waals surface area (Å²) in [6.45, 7) is 1.17. The van der Waals surface area contributed by atoms with Gasteiger partial charge in [0, 0.05) is 13.7 Å². The number of hydrogen-bond donors (Lipinski definition) is 2. The molecule has 116 valence electrons. The SMILES string of the molecule is COCCNc1ccc(NC(=O)Cc2ccccc2F)nn1. The van der Waals surface area contributed by atoms with E-state index in [-0.39, 0.29) is 12.3 Å². The standard InChI is InChI=1S/C15H17FN4O2/c1-22-9-8-17-13-6-7-14(20-19-13)18-15(21)10-11-4-2-3-5-12(11)16/h2-7H,8-10H2,1H3,(H,17,19)(H,18,20,21). The molecular weight excluding hydrogens is 287 g/mol. The molecule has 0 aliphatic rings. The molecule has 0 spiro atoms. The minimum absolute atomic E-state index is 0.0534. The minimum atomic E-state index is -0.401. The molecule has 1 aromatic heterocycles. The molecule has 0 fully saturated rings. The molecule has 0 saturated carbocycles. The Bertz CT molecular complexity index is 619. The lowest BCUT2D eigenvalue weighted by Crippen LogP contribution is -2.17. The fraction of sp³-hybridized carbons (Fsp3) is 0.267. The Morgan fingerprint density at radius 3 is 2.59 bits per heavy atom. The predicted molar refractivity (Wildman–Crippen MR) is 81.1 cm³/mol. The first-order valence-corrected chi connectivity index (χ1v) is 6.79. The molecule has 0 aliphatic heterocycles. The van der Waals surface area contributed by atoms with Crippen molar-refractivity contribution in [3.05, 3.63) is 47.8 Å². The topological polar surface area (TPSA) is 76.1 Å². The lowest BCUT2D eigenvalue weighted by molar-refractivity contribution is -0.115. The Morgan fingerprint density at radius 1 is 1.18 bits per heavy atom. The first-order chi connectivity index (χ1) is 10.7. The summed E-state index contributed by atoms with van der Waals surface area (Å²) >= 11 is 0. The van der Waals surface area contributed by atoms with Crippen LogP contribution in [0.2, 0.25) is 0 Å². The summed E-state index contributed by atoms with van der Waals surface area (Å²) < 4.78 is 18.4. The second-order valence-corrected chi connectivity index (χ2v) is 4.54. The van der Waals surface area contributed by atoms with Crippen molar-refractivity contribution in [3.8, 4) is 0 Å². The summed E-state index contributed by atoms with van der Waals surface area (Å²) in [5.41, 5.74) is 0.339. The van der Waals surface area contributed by atoms with Crippen LogP contribution in [-0.4, -0.2) is 36.4 Å². The molecule has 2 rings (SSSR count). The number of aromatic nitrogens is 2. The normalized spacial score (nSPS) is 10.3. The zero-order valence-corrected chi connectivity index (χ0v) is 12.2. The number of benzene rings is 1. The van der Waals surface area contributed by atoms with E-state index in [1.807, 2.05) is 0 Å². The average molecular weight is 304 g/mol. The Kier molecular flexibility index (Phi) is 5.79. The van der Waals surface area contributed by atoms with Gasteiger partial charge in [0.25, 0.3) is 0 Å². The van der Waals surface area contributed by atoms with Crippen LogP contribution in [0, 0.1) is 5.82 Å². The van der Waals surface area contributed by atoms with Crippen molar-refractivity contribution < 1.29 is 13.9 Å². The summed E-state index contributed by atoms with van der Waals surface area (Å²) in [6, 6.07) is 9.48. The predicted octanol–water partition coefficient (Wildman–Crippen LogP) is 1.86. The van der Waals surface area contributed by atoms with Crippen molar-refractivity contribution in [3.63, 3.8) is 0 Å². The van der Waals surface area contributed by atoms with Crippen LogP contribution in [0.1, 0.15) is 5.56 Å². The molecule has 0 atom stereocenters. The maximum absolute atomic E-state index is 13.5. The van der Waals surface area contributed by atoms with Crippen LogP contribution >= 0.6 is 0 Å². The summed E-state index contributed by atoms with van der Waals surface area (Å²) in [4.78, 5) is 11.9. The van der Waals surface area contributed by atoms with Gasteiger partial charge in [-0.25, -0.2) is 4.39 Å². The number of rotatable bonds is 7. The molecule has 1 aromatic carbocycles. The van der Waals surface area contributed by atoms with Gasteiger partial charge in [-0.2, -0.15) is 0 Å². The van der Waals surface area contributed by atoms with E-state index in [1.165, 1.54) is 6.07 Å². The molecule has 2 aromatic rings. The van der Waals surface area contributed by atoms with E-state index < -0.39 is 5.82 Å². The lowest BCUT2D eigenvalue weighted by Gasteiger charge is -2.07. The zero-order valence-electron chi connectivity index (χ0n) is 12.2. The molecule has 0 radical (unpaired) electrons. The first-order valence-electron chi connectivity index (χ1n) is 6.79. The molecule has 0 aliphatic carbocycles. The maximum Gasteiger partial charge on any atom is 0.230 e. The van der Waals surface area contributed by atoms with Gasteiger partial charge in [0.2, 0.25) is 5.91 Å². The quantitative estimate of drug-likeness (QED) is 0.764. The third kappa shape index (κ3) is 4.78. The van der Waals surface area contributed by atoms with Crippen LogP contribution in [0.5, 0.6) is 0 Å². The number of halogens is 1. The zero-order chi connectivity index (χ0) is 15.8. The van der Waals surface area contributed by atoms with Crippen LogP contribution in [0.25, 0.3) is 0 Å². The molecule has 6 nitrogen and oxygen atoms in total. The van der Waals surface area contributed by atoms with Gasteiger partial charge in [-0.1, -0.05) is 18.2 Å². The van der Waals surface area contributed by atoms with Gasteiger partial charge >= 0.3 is 0 Å². The molecule has 7 heteroatoms. The fourth-order valence-corrected chi connectivity index (χ4v) is 1.78. The molecule has 2 N–H and O–H groups in total. The average Bonchev–Trinajstić information content (AvgIpc) is 2.51. The highest BCUT2D eigenvalue weighted by Gasteiger charge is 2.08. The van der Waals surface area contributed by atoms with Crippen molar-refractivity contribution in [2.45, 2.75) is 6.42 Å². The Labute approximate surface area is 127 Å². The smallest absolute Gasteiger partial charge is 0.230 e. The van der Waals surface area contributed by atoms with Gasteiger partial charge in [0.1, 0.15) is 11.6 Å². The van der Waals surface area contributed by atoms with Gasteiger partial charge < -0.3 is 15.4 Å². The Morgan fingerprint density at radius 2 is 1.91 bits per heavy atom. The summed E-state index contributed by atoms with van der Waals surface area (Å²) in [7, 11) is 1.61. The monoisotopic (exact) mass is 304 g/mol. The third-order valence-corrected chi connectivity index (χ3v) is 2.85. The van der Waals surface area contributed by atoms with E-state index in [2.05, 4.69) is 20.8 Å². The molecule has 0 bridgehead atoms. The largest absolute Gasteiger partial charge is 0.383 e. The first kappa shape index (κ1) is 15.8. The van der Waals surface area contributed by atoms with E-state index in [0.29, 0.717) is 30.4 Å². The van der Waals surface area contributed by atoms with Gasteiger partial charge in [0.15, 0.2) is 5.82 Å². The second-order valence-electron chi connectivity index (χ2n) is 4.54. The Balaban J connectivity index is 1.88.